The van der Waals surface area contributed by atoms with Crippen LogP contribution in [0.5, 0.6) is 0 Å². The maximum Gasteiger partial charge on any atom is 0.343 e. The number of aliphatic hydroxyl groups excluding tert-OH is 1. The van der Waals surface area contributed by atoms with E-state index in [-0.39, 0.29) is 5.41 Å². The normalized spacial score (nSPS) is 34.0. The van der Waals surface area contributed by atoms with Gasteiger partial charge in [-0.3, -0.25) is 0 Å². The van der Waals surface area contributed by atoms with Crippen molar-refractivity contribution < 1.29 is 19.4 Å². The molecule has 1 fully saturated rings. The van der Waals surface area contributed by atoms with Crippen LogP contribution in [0.25, 0.3) is 0 Å². The van der Waals surface area contributed by atoms with Crippen LogP contribution in [-0.4, -0.2) is 29.1 Å². The van der Waals surface area contributed by atoms with E-state index in [1.807, 2.05) is 20.8 Å². The van der Waals surface area contributed by atoms with Gasteiger partial charge in [0.1, 0.15) is 0 Å². The van der Waals surface area contributed by atoms with Crippen molar-refractivity contribution in [3.63, 3.8) is 0 Å². The van der Waals surface area contributed by atoms with E-state index in [2.05, 4.69) is 0 Å². The largest absolute Gasteiger partial charge is 0.433 e. The minimum atomic E-state index is -1.22. The first-order valence-corrected chi connectivity index (χ1v) is 5.28. The molecule has 0 aliphatic carbocycles. The Hall–Kier alpha value is -0.610. The van der Waals surface area contributed by atoms with Gasteiger partial charge in [0.15, 0.2) is 5.60 Å². The Morgan fingerprint density at radius 3 is 2.40 bits per heavy atom. The molecule has 3 atom stereocenters. The molecule has 0 unspecified atom stereocenters. The van der Waals surface area contributed by atoms with E-state index < -0.39 is 24.0 Å². The lowest BCUT2D eigenvalue weighted by Gasteiger charge is -2.28. The van der Waals surface area contributed by atoms with Gasteiger partial charge >= 0.3 is 5.97 Å². The molecule has 88 valence electrons. The molecular weight excluding hydrogens is 196 g/mol. The van der Waals surface area contributed by atoms with Crippen LogP contribution in [0.3, 0.4) is 0 Å². The van der Waals surface area contributed by atoms with Crippen molar-refractivity contribution in [1.82, 2.24) is 0 Å². The first-order chi connectivity index (χ1) is 6.71. The van der Waals surface area contributed by atoms with E-state index in [4.69, 9.17) is 9.47 Å². The van der Waals surface area contributed by atoms with Crippen LogP contribution in [0.2, 0.25) is 0 Å². The summed E-state index contributed by atoms with van der Waals surface area (Å²) in [6.45, 7) is 9.16. The molecule has 0 aromatic rings. The molecular formula is C11H20O4. The van der Waals surface area contributed by atoms with Gasteiger partial charge in [0.2, 0.25) is 6.29 Å². The second-order valence-electron chi connectivity index (χ2n) is 5.25. The van der Waals surface area contributed by atoms with Gasteiger partial charge in [-0.25, -0.2) is 4.79 Å². The van der Waals surface area contributed by atoms with Crippen molar-refractivity contribution in [2.75, 3.05) is 0 Å². The molecule has 0 aromatic carbocycles. The third kappa shape index (κ3) is 2.16. The summed E-state index contributed by atoms with van der Waals surface area (Å²) >= 11 is 0. The Kier molecular flexibility index (Phi) is 3.12. The Morgan fingerprint density at radius 1 is 1.53 bits per heavy atom. The first kappa shape index (κ1) is 12.5. The molecule has 0 aromatic heterocycles. The predicted molar refractivity (Wildman–Crippen MR) is 55.1 cm³/mol. The van der Waals surface area contributed by atoms with Gasteiger partial charge < -0.3 is 14.6 Å². The van der Waals surface area contributed by atoms with Gasteiger partial charge in [0.25, 0.3) is 0 Å². The molecule has 4 nitrogen and oxygen atoms in total. The van der Waals surface area contributed by atoms with Crippen molar-refractivity contribution in [1.29, 1.82) is 0 Å². The maximum absolute atomic E-state index is 11.6. The molecule has 1 rings (SSSR count). The zero-order valence-electron chi connectivity index (χ0n) is 10.0. The molecule has 1 heterocycles. The van der Waals surface area contributed by atoms with E-state index in [0.717, 1.165) is 0 Å². The van der Waals surface area contributed by atoms with E-state index in [1.54, 1.807) is 13.8 Å². The van der Waals surface area contributed by atoms with E-state index in [1.165, 1.54) is 0 Å². The number of aliphatic hydroxyl groups is 1. The van der Waals surface area contributed by atoms with Gasteiger partial charge in [0.05, 0.1) is 6.10 Å². The highest BCUT2D eigenvalue weighted by molar-refractivity contribution is 5.81. The Morgan fingerprint density at radius 2 is 2.07 bits per heavy atom. The summed E-state index contributed by atoms with van der Waals surface area (Å²) in [5.74, 6) is -0.475. The van der Waals surface area contributed by atoms with Gasteiger partial charge in [-0.15, -0.1) is 0 Å². The predicted octanol–water partition coefficient (Wildman–Crippen LogP) is 1.46. The highest BCUT2D eigenvalue weighted by Gasteiger charge is 2.53. The van der Waals surface area contributed by atoms with Crippen LogP contribution in [0.15, 0.2) is 0 Å². The third-order valence-electron chi connectivity index (χ3n) is 2.70. The zero-order chi connectivity index (χ0) is 11.9. The van der Waals surface area contributed by atoms with Crippen molar-refractivity contribution in [3.05, 3.63) is 0 Å². The molecule has 0 spiro atoms. The fourth-order valence-corrected chi connectivity index (χ4v) is 1.47. The number of cyclic esters (lactones) is 1. The van der Waals surface area contributed by atoms with Crippen LogP contribution in [0, 0.1) is 5.41 Å². The summed E-state index contributed by atoms with van der Waals surface area (Å²) in [6.07, 6.45) is -0.948. The van der Waals surface area contributed by atoms with Gasteiger partial charge in [-0.1, -0.05) is 27.7 Å². The molecule has 1 aliphatic heterocycles. The highest BCUT2D eigenvalue weighted by Crippen LogP contribution is 2.36. The summed E-state index contributed by atoms with van der Waals surface area (Å²) in [7, 11) is 0. The van der Waals surface area contributed by atoms with E-state index >= 15 is 0 Å². The summed E-state index contributed by atoms with van der Waals surface area (Å²) in [4.78, 5) is 11.6. The number of ether oxygens (including phenoxy) is 2. The number of hydrogen-bond acceptors (Lipinski definition) is 4. The van der Waals surface area contributed by atoms with Gasteiger partial charge in [0, 0.05) is 5.41 Å². The van der Waals surface area contributed by atoms with Crippen LogP contribution in [0.4, 0.5) is 0 Å². The number of carbonyl (C=O) groups excluding carboxylic acids is 1. The summed E-state index contributed by atoms with van der Waals surface area (Å²) in [5, 5.41) is 9.75. The van der Waals surface area contributed by atoms with Crippen molar-refractivity contribution in [2.45, 2.75) is 59.0 Å². The van der Waals surface area contributed by atoms with Gasteiger partial charge in [-0.2, -0.15) is 0 Å². The van der Waals surface area contributed by atoms with Crippen LogP contribution in [0.1, 0.15) is 41.0 Å². The van der Waals surface area contributed by atoms with Gasteiger partial charge in [-0.05, 0) is 13.3 Å². The molecule has 0 radical (unpaired) electrons. The molecule has 0 amide bonds. The summed E-state index contributed by atoms with van der Waals surface area (Å²) < 4.78 is 10.7. The lowest BCUT2D eigenvalue weighted by atomic mass is 9.95. The average Bonchev–Trinajstić information content (AvgIpc) is 2.42. The summed E-state index contributed by atoms with van der Waals surface area (Å²) in [5.41, 5.74) is -1.49. The molecule has 1 N–H and O–H groups in total. The lowest BCUT2D eigenvalue weighted by molar-refractivity contribution is -0.165. The minimum absolute atomic E-state index is 0.277. The Bertz CT molecular complexity index is 256. The SMILES string of the molecule is CC[C@H](O)[C@@]1(C)O[C@H](C(C)(C)C)OC1=O. The van der Waals surface area contributed by atoms with Crippen LogP contribution < -0.4 is 0 Å². The van der Waals surface area contributed by atoms with Crippen molar-refractivity contribution >= 4 is 5.97 Å². The smallest absolute Gasteiger partial charge is 0.343 e. The molecule has 1 aliphatic rings. The fourth-order valence-electron chi connectivity index (χ4n) is 1.47. The van der Waals surface area contributed by atoms with Crippen molar-refractivity contribution in [2.24, 2.45) is 5.41 Å². The molecule has 0 bridgehead atoms. The maximum atomic E-state index is 11.6. The van der Waals surface area contributed by atoms with E-state index in [0.29, 0.717) is 6.42 Å². The quantitative estimate of drug-likeness (QED) is 0.710. The number of carbonyl (C=O) groups is 1. The third-order valence-corrected chi connectivity index (χ3v) is 2.70. The number of rotatable bonds is 2. The molecule has 1 saturated heterocycles. The van der Waals surface area contributed by atoms with Crippen molar-refractivity contribution in [3.8, 4) is 0 Å². The minimum Gasteiger partial charge on any atom is -0.433 e. The second kappa shape index (κ2) is 3.76. The Labute approximate surface area is 90.6 Å². The lowest BCUT2D eigenvalue weighted by Crippen LogP contribution is -2.45. The zero-order valence-corrected chi connectivity index (χ0v) is 10.0. The topological polar surface area (TPSA) is 55.8 Å². The number of hydrogen-bond donors (Lipinski definition) is 1. The van der Waals surface area contributed by atoms with E-state index in [9.17, 15) is 9.90 Å². The molecule has 0 saturated carbocycles. The average molecular weight is 216 g/mol. The second-order valence-corrected chi connectivity index (χ2v) is 5.25. The van der Waals surface area contributed by atoms with Crippen LogP contribution >= 0.6 is 0 Å². The molecule has 4 heteroatoms. The molecule has 15 heavy (non-hydrogen) atoms. The first-order valence-electron chi connectivity index (χ1n) is 5.28. The summed E-state index contributed by atoms with van der Waals surface area (Å²) in [6, 6.07) is 0. The van der Waals surface area contributed by atoms with Crippen LogP contribution in [-0.2, 0) is 14.3 Å². The monoisotopic (exact) mass is 216 g/mol. The Balaban J connectivity index is 2.85. The fraction of sp³-hybridized carbons (Fsp3) is 0.909. The highest BCUT2D eigenvalue weighted by atomic mass is 16.8. The standard InChI is InChI=1S/C11H20O4/c1-6-7(12)11(5)8(13)14-9(15-11)10(2,3)4/h7,9,12H,6H2,1-5H3/t7-,9+,11+/m0/s1. The number of esters is 1.